The van der Waals surface area contributed by atoms with Crippen LogP contribution in [0.25, 0.3) is 11.0 Å². The van der Waals surface area contributed by atoms with Gasteiger partial charge in [0, 0.05) is 6.20 Å². The lowest BCUT2D eigenvalue weighted by molar-refractivity contribution is 0.0698. The number of rotatable bonds is 1. The minimum absolute atomic E-state index is 0.0169. The van der Waals surface area contributed by atoms with Crippen LogP contribution in [0.1, 0.15) is 10.4 Å². The van der Waals surface area contributed by atoms with Crippen molar-refractivity contribution in [1.29, 1.82) is 0 Å². The van der Waals surface area contributed by atoms with E-state index in [0.717, 1.165) is 0 Å². The number of fused-ring (bicyclic) bond motifs is 1. The molecule has 66 valence electrons. The molecule has 0 saturated heterocycles. The van der Waals surface area contributed by atoms with Gasteiger partial charge in [0.1, 0.15) is 16.6 Å². The van der Waals surface area contributed by atoms with E-state index >= 15 is 0 Å². The molecule has 0 radical (unpaired) electrons. The lowest BCUT2D eigenvalue weighted by Crippen LogP contribution is -2.03. The second-order valence-corrected chi connectivity index (χ2v) is 2.52. The number of nitrogens with one attached hydrogen (secondary N) is 1. The second kappa shape index (κ2) is 2.44. The summed E-state index contributed by atoms with van der Waals surface area (Å²) in [5.74, 6) is -1.10. The molecule has 0 bridgehead atoms. The summed E-state index contributed by atoms with van der Waals surface area (Å²) in [6.07, 6.45) is 2.70. The van der Waals surface area contributed by atoms with Gasteiger partial charge in [-0.3, -0.25) is 10.1 Å². The normalized spacial score (nSPS) is 10.5. The van der Waals surface area contributed by atoms with Crippen LogP contribution >= 0.6 is 0 Å². The van der Waals surface area contributed by atoms with E-state index in [2.05, 4.69) is 15.2 Å². The monoisotopic (exact) mass is 178 g/mol. The zero-order valence-electron chi connectivity index (χ0n) is 6.48. The molecule has 0 aliphatic carbocycles. The van der Waals surface area contributed by atoms with Crippen LogP contribution in [-0.4, -0.2) is 26.3 Å². The molecular formula is C7H6N4O2. The molecular weight excluding hydrogens is 172 g/mol. The van der Waals surface area contributed by atoms with Crippen LogP contribution in [0.3, 0.4) is 0 Å². The fraction of sp³-hybridized carbons (Fsp3) is 0. The highest BCUT2D eigenvalue weighted by molar-refractivity contribution is 6.01. The number of aromatic carboxylic acids is 1. The van der Waals surface area contributed by atoms with Crippen molar-refractivity contribution in [3.63, 3.8) is 0 Å². The summed E-state index contributed by atoms with van der Waals surface area (Å²) < 4.78 is 0. The number of aromatic nitrogens is 3. The van der Waals surface area contributed by atoms with E-state index in [1.165, 1.54) is 12.4 Å². The molecule has 0 spiro atoms. The van der Waals surface area contributed by atoms with E-state index in [-0.39, 0.29) is 11.3 Å². The zero-order chi connectivity index (χ0) is 9.42. The largest absolute Gasteiger partial charge is 0.478 e. The van der Waals surface area contributed by atoms with Crippen LogP contribution in [0, 0.1) is 0 Å². The number of pyridine rings is 1. The van der Waals surface area contributed by atoms with Crippen molar-refractivity contribution in [2.75, 3.05) is 5.73 Å². The van der Waals surface area contributed by atoms with Gasteiger partial charge in [0.2, 0.25) is 0 Å². The maximum atomic E-state index is 10.6. The predicted molar refractivity (Wildman–Crippen MR) is 45.3 cm³/mol. The first-order chi connectivity index (χ1) is 6.20. The molecule has 6 heteroatoms. The lowest BCUT2D eigenvalue weighted by Gasteiger charge is -1.99. The van der Waals surface area contributed by atoms with E-state index in [4.69, 9.17) is 10.8 Å². The van der Waals surface area contributed by atoms with Crippen LogP contribution in [0.4, 0.5) is 5.69 Å². The van der Waals surface area contributed by atoms with Crippen LogP contribution in [-0.2, 0) is 0 Å². The highest BCUT2D eigenvalue weighted by atomic mass is 16.4. The van der Waals surface area contributed by atoms with E-state index in [9.17, 15) is 4.79 Å². The summed E-state index contributed by atoms with van der Waals surface area (Å²) in [6, 6.07) is 0. The SMILES string of the molecule is Nc1c(C(=O)O)cnc2cn[nH]c12. The average Bonchev–Trinajstić information content (AvgIpc) is 2.52. The second-order valence-electron chi connectivity index (χ2n) is 2.52. The molecule has 2 aromatic heterocycles. The molecule has 0 amide bonds. The number of anilines is 1. The third-order valence-corrected chi connectivity index (χ3v) is 1.74. The van der Waals surface area contributed by atoms with E-state index < -0.39 is 5.97 Å². The summed E-state index contributed by atoms with van der Waals surface area (Å²) in [6.45, 7) is 0. The number of carbonyl (C=O) groups is 1. The van der Waals surface area contributed by atoms with Crippen molar-refractivity contribution in [1.82, 2.24) is 15.2 Å². The molecule has 2 rings (SSSR count). The Bertz CT molecular complexity index is 476. The topological polar surface area (TPSA) is 105 Å². The Kier molecular flexibility index (Phi) is 1.42. The maximum Gasteiger partial charge on any atom is 0.339 e. The molecule has 0 saturated carbocycles. The van der Waals surface area contributed by atoms with Gasteiger partial charge in [0.25, 0.3) is 0 Å². The third kappa shape index (κ3) is 0.994. The van der Waals surface area contributed by atoms with Gasteiger partial charge in [0.15, 0.2) is 0 Å². The van der Waals surface area contributed by atoms with Gasteiger partial charge in [-0.25, -0.2) is 4.79 Å². The van der Waals surface area contributed by atoms with Crippen molar-refractivity contribution < 1.29 is 9.90 Å². The number of nitrogens with two attached hydrogens (primary N) is 1. The Balaban J connectivity index is 2.80. The molecule has 0 atom stereocenters. The summed E-state index contributed by atoms with van der Waals surface area (Å²) in [4.78, 5) is 14.5. The maximum absolute atomic E-state index is 10.6. The predicted octanol–water partition coefficient (Wildman–Crippen LogP) is 0.238. The molecule has 0 aliphatic rings. The van der Waals surface area contributed by atoms with Crippen molar-refractivity contribution in [3.8, 4) is 0 Å². The van der Waals surface area contributed by atoms with Gasteiger partial charge < -0.3 is 10.8 Å². The summed E-state index contributed by atoms with van der Waals surface area (Å²) in [5.41, 5.74) is 6.73. The molecule has 2 heterocycles. The molecule has 0 unspecified atom stereocenters. The van der Waals surface area contributed by atoms with Gasteiger partial charge in [0.05, 0.1) is 11.9 Å². The summed E-state index contributed by atoms with van der Waals surface area (Å²) in [5, 5.41) is 15.0. The van der Waals surface area contributed by atoms with Crippen LogP contribution in [0.15, 0.2) is 12.4 Å². The number of hydrogen-bond acceptors (Lipinski definition) is 4. The molecule has 0 aliphatic heterocycles. The Morgan fingerprint density at radius 2 is 2.31 bits per heavy atom. The van der Waals surface area contributed by atoms with Gasteiger partial charge >= 0.3 is 5.97 Å². The van der Waals surface area contributed by atoms with Gasteiger partial charge in [-0.15, -0.1) is 0 Å². The molecule has 4 N–H and O–H groups in total. The smallest absolute Gasteiger partial charge is 0.339 e. The van der Waals surface area contributed by atoms with E-state index in [1.54, 1.807) is 0 Å². The number of carboxylic acids is 1. The minimum Gasteiger partial charge on any atom is -0.478 e. The zero-order valence-corrected chi connectivity index (χ0v) is 6.48. The van der Waals surface area contributed by atoms with Crippen molar-refractivity contribution in [2.24, 2.45) is 0 Å². The van der Waals surface area contributed by atoms with Crippen LogP contribution < -0.4 is 5.73 Å². The standard InChI is InChI=1S/C7H6N4O2/c8-5-3(7(12)13)1-9-4-2-10-11-6(4)5/h1-2H,(H2,8,9)(H,10,11)(H,12,13). The first-order valence-corrected chi connectivity index (χ1v) is 3.51. The first-order valence-electron chi connectivity index (χ1n) is 3.51. The number of H-pyrrole nitrogens is 1. The summed E-state index contributed by atoms with van der Waals surface area (Å²) in [7, 11) is 0. The molecule has 0 aromatic carbocycles. The van der Waals surface area contributed by atoms with Gasteiger partial charge in [-0.1, -0.05) is 0 Å². The van der Waals surface area contributed by atoms with Gasteiger partial charge in [-0.05, 0) is 0 Å². The molecule has 6 nitrogen and oxygen atoms in total. The highest BCUT2D eigenvalue weighted by Gasteiger charge is 2.12. The minimum atomic E-state index is -1.10. The number of aromatic amines is 1. The Labute approximate surface area is 72.4 Å². The van der Waals surface area contributed by atoms with Crippen LogP contribution in [0.5, 0.6) is 0 Å². The van der Waals surface area contributed by atoms with Crippen LogP contribution in [0.2, 0.25) is 0 Å². The lowest BCUT2D eigenvalue weighted by atomic mass is 10.2. The Hall–Kier alpha value is -2.11. The first kappa shape index (κ1) is 7.53. The van der Waals surface area contributed by atoms with E-state index in [0.29, 0.717) is 11.0 Å². The number of carboxylic acid groups (broad SMARTS) is 1. The van der Waals surface area contributed by atoms with Crippen molar-refractivity contribution >= 4 is 22.7 Å². The number of nitrogens with zero attached hydrogens (tertiary/aromatic N) is 2. The average molecular weight is 178 g/mol. The fourth-order valence-electron chi connectivity index (χ4n) is 1.08. The molecule has 2 aromatic rings. The summed E-state index contributed by atoms with van der Waals surface area (Å²) >= 11 is 0. The molecule has 0 fully saturated rings. The van der Waals surface area contributed by atoms with Crippen molar-refractivity contribution in [2.45, 2.75) is 0 Å². The third-order valence-electron chi connectivity index (χ3n) is 1.74. The number of nitrogen functional groups attached to an aromatic ring is 1. The highest BCUT2D eigenvalue weighted by Crippen LogP contribution is 2.19. The Morgan fingerprint density at radius 3 is 3.00 bits per heavy atom. The quantitative estimate of drug-likeness (QED) is 0.580. The van der Waals surface area contributed by atoms with E-state index in [1.807, 2.05) is 0 Å². The Morgan fingerprint density at radius 1 is 1.54 bits per heavy atom. The molecule has 13 heavy (non-hydrogen) atoms. The van der Waals surface area contributed by atoms with Gasteiger partial charge in [-0.2, -0.15) is 5.10 Å². The fourth-order valence-corrected chi connectivity index (χ4v) is 1.08. The number of hydrogen-bond donors (Lipinski definition) is 3. The van der Waals surface area contributed by atoms with Crippen molar-refractivity contribution in [3.05, 3.63) is 18.0 Å².